The molecule has 0 fully saturated rings. The fourth-order valence-corrected chi connectivity index (χ4v) is 0.688. The van der Waals surface area contributed by atoms with Gasteiger partial charge in [0.25, 0.3) is 0 Å². The van der Waals surface area contributed by atoms with Gasteiger partial charge in [0, 0.05) is 5.92 Å². The Balaban J connectivity index is 4.50. The average Bonchev–Trinajstić information content (AvgIpc) is 2.14. The van der Waals surface area contributed by atoms with E-state index in [0.29, 0.717) is 6.42 Å². The molecular formula is C9H14F2O2. The van der Waals surface area contributed by atoms with Crippen LogP contribution in [0.5, 0.6) is 0 Å². The van der Waals surface area contributed by atoms with Crippen molar-refractivity contribution >= 4 is 5.97 Å². The molecule has 0 aromatic heterocycles. The third kappa shape index (κ3) is 3.53. The summed E-state index contributed by atoms with van der Waals surface area (Å²) in [6.45, 7) is 4.79. The number of esters is 1. The van der Waals surface area contributed by atoms with E-state index in [1.165, 1.54) is 13.8 Å². The van der Waals surface area contributed by atoms with Crippen LogP contribution < -0.4 is 0 Å². The fraction of sp³-hybridized carbons (Fsp3) is 0.667. The van der Waals surface area contributed by atoms with Crippen molar-refractivity contribution in [3.05, 3.63) is 11.7 Å². The molecule has 0 N–H and O–H groups in total. The standard InChI is InChI=1S/C9H14F2O2/c1-4-6(3)7(10)8(11)9(12)13-5-2/h6H,4-5H2,1-3H3/b8-7+. The molecule has 0 aliphatic rings. The Labute approximate surface area is 76.6 Å². The molecule has 0 spiro atoms. The van der Waals surface area contributed by atoms with Gasteiger partial charge in [0.2, 0.25) is 5.83 Å². The predicted molar refractivity (Wildman–Crippen MR) is 45.3 cm³/mol. The van der Waals surface area contributed by atoms with Crippen molar-refractivity contribution in [1.29, 1.82) is 0 Å². The van der Waals surface area contributed by atoms with Gasteiger partial charge < -0.3 is 4.74 Å². The molecule has 0 radical (unpaired) electrons. The Bertz CT molecular complexity index is 212. The molecular weight excluding hydrogens is 178 g/mol. The lowest BCUT2D eigenvalue weighted by molar-refractivity contribution is -0.140. The number of ether oxygens (including phenoxy) is 1. The molecule has 0 heterocycles. The molecule has 13 heavy (non-hydrogen) atoms. The summed E-state index contributed by atoms with van der Waals surface area (Å²) in [5.41, 5.74) is 0. The molecule has 0 saturated heterocycles. The summed E-state index contributed by atoms with van der Waals surface area (Å²) in [4.78, 5) is 10.7. The molecule has 0 bridgehead atoms. The molecule has 0 aliphatic heterocycles. The molecule has 0 aromatic carbocycles. The van der Waals surface area contributed by atoms with E-state index in [-0.39, 0.29) is 6.61 Å². The van der Waals surface area contributed by atoms with Gasteiger partial charge in [-0.05, 0) is 13.3 Å². The summed E-state index contributed by atoms with van der Waals surface area (Å²) in [6.07, 6.45) is 0.443. The first-order chi connectivity index (χ1) is 6.04. The van der Waals surface area contributed by atoms with Gasteiger partial charge in [-0.3, -0.25) is 0 Å². The van der Waals surface area contributed by atoms with Crippen LogP contribution in [0.25, 0.3) is 0 Å². The van der Waals surface area contributed by atoms with Crippen LogP contribution >= 0.6 is 0 Å². The number of hydrogen-bond acceptors (Lipinski definition) is 2. The number of halogens is 2. The summed E-state index contributed by atoms with van der Waals surface area (Å²) in [7, 11) is 0. The van der Waals surface area contributed by atoms with E-state index in [9.17, 15) is 13.6 Å². The molecule has 2 nitrogen and oxygen atoms in total. The van der Waals surface area contributed by atoms with Crippen molar-refractivity contribution in [1.82, 2.24) is 0 Å². The van der Waals surface area contributed by atoms with Crippen LogP contribution in [0.1, 0.15) is 27.2 Å². The molecule has 0 aliphatic carbocycles. The van der Waals surface area contributed by atoms with E-state index in [4.69, 9.17) is 0 Å². The number of carbonyl (C=O) groups excluding carboxylic acids is 1. The predicted octanol–water partition coefficient (Wildman–Crippen LogP) is 2.75. The van der Waals surface area contributed by atoms with E-state index < -0.39 is 23.5 Å². The van der Waals surface area contributed by atoms with Gasteiger partial charge in [0.05, 0.1) is 6.61 Å². The Morgan fingerprint density at radius 1 is 1.38 bits per heavy atom. The number of allylic oxidation sites excluding steroid dienone is 1. The van der Waals surface area contributed by atoms with Crippen molar-refractivity contribution in [2.75, 3.05) is 6.61 Å². The van der Waals surface area contributed by atoms with Crippen LogP contribution in [-0.2, 0) is 9.53 Å². The van der Waals surface area contributed by atoms with Crippen LogP contribution in [-0.4, -0.2) is 12.6 Å². The van der Waals surface area contributed by atoms with Crippen LogP contribution in [0.2, 0.25) is 0 Å². The Morgan fingerprint density at radius 3 is 2.31 bits per heavy atom. The minimum absolute atomic E-state index is 0.0417. The first kappa shape index (κ1) is 12.1. The lowest BCUT2D eigenvalue weighted by Gasteiger charge is -2.06. The van der Waals surface area contributed by atoms with Gasteiger partial charge >= 0.3 is 5.97 Å². The van der Waals surface area contributed by atoms with E-state index in [2.05, 4.69) is 4.74 Å². The molecule has 76 valence electrons. The van der Waals surface area contributed by atoms with Gasteiger partial charge in [-0.25, -0.2) is 9.18 Å². The van der Waals surface area contributed by atoms with Gasteiger partial charge in [-0.15, -0.1) is 0 Å². The van der Waals surface area contributed by atoms with Crippen molar-refractivity contribution in [3.8, 4) is 0 Å². The maximum atomic E-state index is 13.0. The van der Waals surface area contributed by atoms with Gasteiger partial charge in [0.1, 0.15) is 5.83 Å². The quantitative estimate of drug-likeness (QED) is 0.505. The summed E-state index contributed by atoms with van der Waals surface area (Å²) in [6, 6.07) is 0. The Hall–Kier alpha value is -0.930. The second-order valence-electron chi connectivity index (χ2n) is 2.69. The highest BCUT2D eigenvalue weighted by Gasteiger charge is 2.20. The molecule has 0 rings (SSSR count). The smallest absolute Gasteiger partial charge is 0.369 e. The summed E-state index contributed by atoms with van der Waals surface area (Å²) >= 11 is 0. The maximum Gasteiger partial charge on any atom is 0.369 e. The maximum absolute atomic E-state index is 13.0. The van der Waals surface area contributed by atoms with E-state index in [1.807, 2.05) is 0 Å². The number of hydrogen-bond donors (Lipinski definition) is 0. The fourth-order valence-electron chi connectivity index (χ4n) is 0.688. The molecule has 1 atom stereocenters. The Morgan fingerprint density at radius 2 is 1.92 bits per heavy atom. The molecule has 0 saturated carbocycles. The van der Waals surface area contributed by atoms with Crippen LogP contribution in [0.3, 0.4) is 0 Å². The highest BCUT2D eigenvalue weighted by Crippen LogP contribution is 2.21. The molecule has 0 amide bonds. The number of carbonyl (C=O) groups is 1. The third-order valence-corrected chi connectivity index (χ3v) is 1.71. The highest BCUT2D eigenvalue weighted by molar-refractivity contribution is 5.86. The monoisotopic (exact) mass is 192 g/mol. The van der Waals surface area contributed by atoms with Crippen molar-refractivity contribution in [2.45, 2.75) is 27.2 Å². The Kier molecular flexibility index (Phi) is 5.26. The minimum Gasteiger partial charge on any atom is -0.461 e. The zero-order chi connectivity index (χ0) is 10.4. The average molecular weight is 192 g/mol. The molecule has 0 aromatic rings. The zero-order valence-electron chi connectivity index (χ0n) is 8.06. The van der Waals surface area contributed by atoms with Crippen LogP contribution in [0.15, 0.2) is 11.7 Å². The van der Waals surface area contributed by atoms with Crippen molar-refractivity contribution in [2.24, 2.45) is 5.92 Å². The summed E-state index contributed by atoms with van der Waals surface area (Å²) in [5.74, 6) is -4.23. The number of rotatable bonds is 4. The van der Waals surface area contributed by atoms with Crippen molar-refractivity contribution in [3.63, 3.8) is 0 Å². The van der Waals surface area contributed by atoms with E-state index in [1.54, 1.807) is 6.92 Å². The second kappa shape index (κ2) is 5.67. The van der Waals surface area contributed by atoms with E-state index >= 15 is 0 Å². The lowest BCUT2D eigenvalue weighted by atomic mass is 10.1. The van der Waals surface area contributed by atoms with Crippen molar-refractivity contribution < 1.29 is 18.3 Å². The normalized spacial score (nSPS) is 14.8. The SMILES string of the molecule is CCOC(=O)/C(F)=C(\F)C(C)CC. The first-order valence-corrected chi connectivity index (χ1v) is 4.26. The third-order valence-electron chi connectivity index (χ3n) is 1.71. The lowest BCUT2D eigenvalue weighted by Crippen LogP contribution is -2.08. The summed E-state index contributed by atoms with van der Waals surface area (Å²) < 4.78 is 30.1. The largest absolute Gasteiger partial charge is 0.461 e. The first-order valence-electron chi connectivity index (χ1n) is 4.26. The second-order valence-corrected chi connectivity index (χ2v) is 2.69. The van der Waals surface area contributed by atoms with Crippen LogP contribution in [0.4, 0.5) is 8.78 Å². The summed E-state index contributed by atoms with van der Waals surface area (Å²) in [5, 5.41) is 0. The molecule has 4 heteroatoms. The van der Waals surface area contributed by atoms with Gasteiger partial charge in [-0.2, -0.15) is 4.39 Å². The molecule has 1 unspecified atom stereocenters. The van der Waals surface area contributed by atoms with Gasteiger partial charge in [0.15, 0.2) is 0 Å². The highest BCUT2D eigenvalue weighted by atomic mass is 19.2. The minimum atomic E-state index is -1.41. The van der Waals surface area contributed by atoms with E-state index in [0.717, 1.165) is 0 Å². The van der Waals surface area contributed by atoms with Crippen LogP contribution in [0, 0.1) is 5.92 Å². The topological polar surface area (TPSA) is 26.3 Å². The van der Waals surface area contributed by atoms with Gasteiger partial charge in [-0.1, -0.05) is 13.8 Å². The zero-order valence-corrected chi connectivity index (χ0v) is 8.06.